The van der Waals surface area contributed by atoms with E-state index in [2.05, 4.69) is 23.3 Å². The van der Waals surface area contributed by atoms with Gasteiger partial charge in [0, 0.05) is 11.4 Å². The molecule has 0 saturated carbocycles. The molecule has 0 fully saturated rings. The van der Waals surface area contributed by atoms with Gasteiger partial charge in [-0.2, -0.15) is 0 Å². The summed E-state index contributed by atoms with van der Waals surface area (Å²) in [6, 6.07) is 8.20. The van der Waals surface area contributed by atoms with Crippen LogP contribution in [0.5, 0.6) is 0 Å². The molecule has 1 unspecified atom stereocenters. The Labute approximate surface area is 108 Å². The van der Waals surface area contributed by atoms with Crippen LogP contribution in [0.25, 0.3) is 0 Å². The summed E-state index contributed by atoms with van der Waals surface area (Å²) in [6.45, 7) is 7.18. The van der Waals surface area contributed by atoms with Crippen molar-refractivity contribution >= 4 is 0 Å². The predicted molar refractivity (Wildman–Crippen MR) is 72.6 cm³/mol. The first-order chi connectivity index (χ1) is 8.72. The highest BCUT2D eigenvalue weighted by molar-refractivity contribution is 5.30. The van der Waals surface area contributed by atoms with Gasteiger partial charge >= 0.3 is 0 Å². The van der Waals surface area contributed by atoms with Gasteiger partial charge in [0.1, 0.15) is 5.76 Å². The van der Waals surface area contributed by atoms with E-state index in [1.165, 1.54) is 5.56 Å². The third-order valence-electron chi connectivity index (χ3n) is 3.00. The van der Waals surface area contributed by atoms with Crippen molar-refractivity contribution in [3.05, 3.63) is 53.2 Å². The topological polar surface area (TPSA) is 38.1 Å². The number of hydrogen-bond donors (Lipinski definition) is 1. The number of nitrogens with one attached hydrogen (secondary N) is 1. The van der Waals surface area contributed by atoms with Gasteiger partial charge in [-0.15, -0.1) is 0 Å². The Kier molecular flexibility index (Phi) is 4.15. The Bertz CT molecular complexity index is 491. The second-order valence-electron chi connectivity index (χ2n) is 4.53. The molecule has 0 amide bonds. The van der Waals surface area contributed by atoms with Crippen molar-refractivity contribution in [2.45, 2.75) is 33.2 Å². The van der Waals surface area contributed by atoms with E-state index in [9.17, 15) is 0 Å². The molecule has 0 aliphatic carbocycles. The van der Waals surface area contributed by atoms with Gasteiger partial charge in [0.15, 0.2) is 0 Å². The molecule has 3 heteroatoms. The van der Waals surface area contributed by atoms with Gasteiger partial charge in [-0.1, -0.05) is 13.0 Å². The standard InChI is InChI=1S/C15H20N2O/c1-4-9-16-15(14-6-5-10-18-14)13-8-7-11(2)17-12(13)3/h5-8,10,15-16H,4,9H2,1-3H3. The molecule has 0 spiro atoms. The molecule has 2 aromatic heterocycles. The van der Waals surface area contributed by atoms with E-state index in [0.29, 0.717) is 0 Å². The molecule has 3 nitrogen and oxygen atoms in total. The third-order valence-corrected chi connectivity index (χ3v) is 3.00. The minimum Gasteiger partial charge on any atom is -0.467 e. The third kappa shape index (κ3) is 2.79. The number of aromatic nitrogens is 1. The molecular formula is C15H20N2O. The molecule has 96 valence electrons. The molecule has 0 bridgehead atoms. The largest absolute Gasteiger partial charge is 0.467 e. The van der Waals surface area contributed by atoms with E-state index >= 15 is 0 Å². The molecule has 0 saturated heterocycles. The van der Waals surface area contributed by atoms with Gasteiger partial charge in [0.2, 0.25) is 0 Å². The predicted octanol–water partition coefficient (Wildman–Crippen LogP) is 3.38. The van der Waals surface area contributed by atoms with Crippen molar-refractivity contribution in [2.24, 2.45) is 0 Å². The first kappa shape index (κ1) is 12.8. The number of hydrogen-bond acceptors (Lipinski definition) is 3. The van der Waals surface area contributed by atoms with E-state index in [1.54, 1.807) is 6.26 Å². The van der Waals surface area contributed by atoms with E-state index < -0.39 is 0 Å². The Hall–Kier alpha value is -1.61. The summed E-state index contributed by atoms with van der Waals surface area (Å²) < 4.78 is 5.54. The van der Waals surface area contributed by atoms with Crippen molar-refractivity contribution in [2.75, 3.05) is 6.54 Å². The van der Waals surface area contributed by atoms with Gasteiger partial charge in [0.25, 0.3) is 0 Å². The number of nitrogens with zero attached hydrogens (tertiary/aromatic N) is 1. The Balaban J connectivity index is 2.33. The Morgan fingerprint density at radius 2 is 2.11 bits per heavy atom. The molecule has 1 N–H and O–H groups in total. The van der Waals surface area contributed by atoms with Gasteiger partial charge < -0.3 is 9.73 Å². The van der Waals surface area contributed by atoms with Crippen LogP contribution in [0.1, 0.15) is 42.1 Å². The second-order valence-corrected chi connectivity index (χ2v) is 4.53. The minimum absolute atomic E-state index is 0.0908. The van der Waals surface area contributed by atoms with Crippen molar-refractivity contribution < 1.29 is 4.42 Å². The SMILES string of the molecule is CCCNC(c1ccco1)c1ccc(C)nc1C. The van der Waals surface area contributed by atoms with Gasteiger partial charge in [0.05, 0.1) is 12.3 Å². The summed E-state index contributed by atoms with van der Waals surface area (Å²) in [5, 5.41) is 3.51. The van der Waals surface area contributed by atoms with E-state index in [0.717, 1.165) is 30.1 Å². The average Bonchev–Trinajstić information content (AvgIpc) is 2.85. The molecule has 2 rings (SSSR count). The molecular weight excluding hydrogens is 224 g/mol. The van der Waals surface area contributed by atoms with Crippen LogP contribution in [0.15, 0.2) is 34.9 Å². The molecule has 0 aliphatic rings. The summed E-state index contributed by atoms with van der Waals surface area (Å²) >= 11 is 0. The van der Waals surface area contributed by atoms with E-state index in [-0.39, 0.29) is 6.04 Å². The first-order valence-electron chi connectivity index (χ1n) is 6.43. The fourth-order valence-corrected chi connectivity index (χ4v) is 2.11. The minimum atomic E-state index is 0.0908. The Morgan fingerprint density at radius 1 is 1.28 bits per heavy atom. The quantitative estimate of drug-likeness (QED) is 0.876. The highest BCUT2D eigenvalue weighted by atomic mass is 16.3. The lowest BCUT2D eigenvalue weighted by Crippen LogP contribution is -2.23. The van der Waals surface area contributed by atoms with Crippen LogP contribution in [0, 0.1) is 13.8 Å². The summed E-state index contributed by atoms with van der Waals surface area (Å²) in [5.74, 6) is 0.942. The number of rotatable bonds is 5. The van der Waals surface area contributed by atoms with Crippen LogP contribution in [0.2, 0.25) is 0 Å². The normalized spacial score (nSPS) is 12.6. The maximum atomic E-state index is 5.54. The summed E-state index contributed by atoms with van der Waals surface area (Å²) in [4.78, 5) is 4.53. The molecule has 0 aromatic carbocycles. The zero-order chi connectivity index (χ0) is 13.0. The maximum absolute atomic E-state index is 5.54. The van der Waals surface area contributed by atoms with Gasteiger partial charge in [-0.05, 0) is 50.6 Å². The lowest BCUT2D eigenvalue weighted by Gasteiger charge is -2.18. The Morgan fingerprint density at radius 3 is 2.72 bits per heavy atom. The van der Waals surface area contributed by atoms with Crippen LogP contribution in [-0.2, 0) is 0 Å². The van der Waals surface area contributed by atoms with Crippen LogP contribution in [0.4, 0.5) is 0 Å². The fraction of sp³-hybridized carbons (Fsp3) is 0.400. The summed E-state index contributed by atoms with van der Waals surface area (Å²) in [6.07, 6.45) is 2.81. The highest BCUT2D eigenvalue weighted by Crippen LogP contribution is 2.24. The van der Waals surface area contributed by atoms with Gasteiger partial charge in [-0.25, -0.2) is 0 Å². The fourth-order valence-electron chi connectivity index (χ4n) is 2.11. The van der Waals surface area contributed by atoms with Crippen molar-refractivity contribution in [3.8, 4) is 0 Å². The average molecular weight is 244 g/mol. The van der Waals surface area contributed by atoms with E-state index in [1.807, 2.05) is 32.0 Å². The highest BCUT2D eigenvalue weighted by Gasteiger charge is 2.18. The second kappa shape index (κ2) is 5.83. The molecule has 18 heavy (non-hydrogen) atoms. The number of aryl methyl sites for hydroxylation is 2. The number of furan rings is 1. The zero-order valence-corrected chi connectivity index (χ0v) is 11.2. The monoisotopic (exact) mass is 244 g/mol. The van der Waals surface area contributed by atoms with E-state index in [4.69, 9.17) is 4.42 Å². The maximum Gasteiger partial charge on any atom is 0.125 e. The van der Waals surface area contributed by atoms with Crippen LogP contribution < -0.4 is 5.32 Å². The lowest BCUT2D eigenvalue weighted by atomic mass is 10.0. The molecule has 1 atom stereocenters. The first-order valence-corrected chi connectivity index (χ1v) is 6.43. The van der Waals surface area contributed by atoms with Crippen molar-refractivity contribution in [1.82, 2.24) is 10.3 Å². The lowest BCUT2D eigenvalue weighted by molar-refractivity contribution is 0.445. The van der Waals surface area contributed by atoms with Crippen molar-refractivity contribution in [1.29, 1.82) is 0 Å². The smallest absolute Gasteiger partial charge is 0.125 e. The van der Waals surface area contributed by atoms with Crippen LogP contribution in [0.3, 0.4) is 0 Å². The van der Waals surface area contributed by atoms with Crippen LogP contribution in [-0.4, -0.2) is 11.5 Å². The molecule has 0 aliphatic heterocycles. The van der Waals surface area contributed by atoms with Crippen molar-refractivity contribution in [3.63, 3.8) is 0 Å². The summed E-state index contributed by atoms with van der Waals surface area (Å²) in [7, 11) is 0. The molecule has 2 heterocycles. The molecule has 0 radical (unpaired) electrons. The van der Waals surface area contributed by atoms with Gasteiger partial charge in [-0.3, -0.25) is 4.98 Å². The van der Waals surface area contributed by atoms with Crippen LogP contribution >= 0.6 is 0 Å². The number of pyridine rings is 1. The summed E-state index contributed by atoms with van der Waals surface area (Å²) in [5.41, 5.74) is 3.29. The molecule has 2 aromatic rings. The zero-order valence-electron chi connectivity index (χ0n) is 11.2.